The topological polar surface area (TPSA) is 213 Å². The van der Waals surface area contributed by atoms with Crippen molar-refractivity contribution in [3.63, 3.8) is 0 Å². The van der Waals surface area contributed by atoms with Crippen LogP contribution in [-0.4, -0.2) is 103 Å². The van der Waals surface area contributed by atoms with Crippen LogP contribution in [0.3, 0.4) is 0 Å². The zero-order valence-corrected chi connectivity index (χ0v) is 27.0. The number of fused-ring (bicyclic) bond motifs is 7. The first-order valence-corrected chi connectivity index (χ1v) is 16.8. The number of ether oxygens (including phenoxy) is 8. The Morgan fingerprint density at radius 2 is 1.84 bits per heavy atom. The zero-order chi connectivity index (χ0) is 34.6. The van der Waals surface area contributed by atoms with Crippen molar-refractivity contribution in [2.24, 2.45) is 11.7 Å². The Balaban J connectivity index is 1.05. The number of carboxylic acid groups (broad SMARTS) is 1. The molecule has 1 spiro atoms. The van der Waals surface area contributed by atoms with Crippen molar-refractivity contribution in [1.29, 1.82) is 0 Å². The minimum Gasteiger partial charge on any atom is -0.492 e. The van der Waals surface area contributed by atoms with E-state index in [2.05, 4.69) is 0 Å². The summed E-state index contributed by atoms with van der Waals surface area (Å²) in [6.45, 7) is 0.585. The zero-order valence-electron chi connectivity index (χ0n) is 27.0. The minimum absolute atomic E-state index is 0.0349. The van der Waals surface area contributed by atoms with Crippen LogP contribution >= 0.6 is 0 Å². The molecule has 8 rings (SSSR count). The molecule has 0 amide bonds. The van der Waals surface area contributed by atoms with Gasteiger partial charge in [0.2, 0.25) is 6.79 Å². The summed E-state index contributed by atoms with van der Waals surface area (Å²) in [7, 11) is 0. The van der Waals surface area contributed by atoms with Gasteiger partial charge in [0.15, 0.2) is 29.6 Å². The number of aliphatic hydroxyl groups excluding tert-OH is 2. The van der Waals surface area contributed by atoms with E-state index in [1.54, 1.807) is 18.2 Å². The van der Waals surface area contributed by atoms with Gasteiger partial charge >= 0.3 is 11.9 Å². The molecule has 2 aromatic carbocycles. The van der Waals surface area contributed by atoms with Crippen LogP contribution in [0.25, 0.3) is 0 Å². The van der Waals surface area contributed by atoms with E-state index in [-0.39, 0.29) is 63.1 Å². The van der Waals surface area contributed by atoms with Gasteiger partial charge < -0.3 is 63.8 Å². The average Bonchev–Trinajstić information content (AvgIpc) is 3.69. The highest BCUT2D eigenvalue weighted by atomic mass is 17.2. The van der Waals surface area contributed by atoms with Crippen molar-refractivity contribution in [3.8, 4) is 28.7 Å². The van der Waals surface area contributed by atoms with Gasteiger partial charge in [-0.05, 0) is 49.9 Å². The maximum atomic E-state index is 12.5. The minimum atomic E-state index is -1.47. The second kappa shape index (κ2) is 13.3. The largest absolute Gasteiger partial charge is 0.492 e. The van der Waals surface area contributed by atoms with Gasteiger partial charge in [0.1, 0.15) is 47.9 Å². The lowest BCUT2D eigenvalue weighted by atomic mass is 9.75. The maximum absolute atomic E-state index is 12.5. The smallest absolute Gasteiger partial charge is 0.317 e. The number of hydrogen-bond acceptors (Lipinski definition) is 15. The van der Waals surface area contributed by atoms with Crippen molar-refractivity contribution < 1.29 is 72.6 Å². The number of rotatable bonds is 10. The predicted molar refractivity (Wildman–Crippen MR) is 165 cm³/mol. The van der Waals surface area contributed by atoms with Gasteiger partial charge in [0, 0.05) is 36.3 Å². The van der Waals surface area contributed by atoms with Crippen LogP contribution in [0.5, 0.6) is 28.7 Å². The van der Waals surface area contributed by atoms with Gasteiger partial charge in [0.05, 0.1) is 25.2 Å². The molecule has 3 fully saturated rings. The number of benzene rings is 2. The van der Waals surface area contributed by atoms with E-state index in [1.807, 2.05) is 12.1 Å². The lowest BCUT2D eigenvalue weighted by molar-refractivity contribution is -0.406. The van der Waals surface area contributed by atoms with E-state index in [0.717, 1.165) is 11.1 Å². The lowest BCUT2D eigenvalue weighted by Crippen LogP contribution is -2.72. The Bertz CT molecular complexity index is 1620. The van der Waals surface area contributed by atoms with E-state index < -0.39 is 60.8 Å². The number of carbonyl (C=O) groups is 2. The van der Waals surface area contributed by atoms with Crippen molar-refractivity contribution in [2.75, 3.05) is 33.2 Å². The number of aliphatic carboxylic acids is 1. The Hall–Kier alpha value is -3.90. The predicted octanol–water partition coefficient (Wildman–Crippen LogP) is 1.47. The van der Waals surface area contributed by atoms with Gasteiger partial charge in [-0.1, -0.05) is 0 Å². The van der Waals surface area contributed by atoms with Gasteiger partial charge in [-0.3, -0.25) is 9.59 Å². The molecule has 2 bridgehead atoms. The summed E-state index contributed by atoms with van der Waals surface area (Å²) in [4.78, 5) is 35.6. The fraction of sp³-hybridized carbons (Fsp3) is 0.588. The van der Waals surface area contributed by atoms with E-state index in [1.165, 1.54) is 0 Å². The highest BCUT2D eigenvalue weighted by molar-refractivity contribution is 5.90. The normalized spacial score (nSPS) is 34.5. The Morgan fingerprint density at radius 3 is 2.64 bits per heavy atom. The monoisotopic (exact) mass is 701 g/mol. The van der Waals surface area contributed by atoms with Gasteiger partial charge in [-0.2, -0.15) is 4.89 Å². The summed E-state index contributed by atoms with van der Waals surface area (Å²) in [5, 5.41) is 31.3. The summed E-state index contributed by atoms with van der Waals surface area (Å²) in [5.41, 5.74) is 5.96. The number of esters is 1. The molecule has 270 valence electrons. The summed E-state index contributed by atoms with van der Waals surface area (Å²) < 4.78 is 48.1. The molecule has 0 aliphatic carbocycles. The fourth-order valence-electron chi connectivity index (χ4n) is 8.04. The number of nitrogens with two attached hydrogens (primary N) is 1. The summed E-state index contributed by atoms with van der Waals surface area (Å²) in [6, 6.07) is 8.90. The summed E-state index contributed by atoms with van der Waals surface area (Å²) >= 11 is 0. The molecule has 2 aromatic rings. The van der Waals surface area contributed by atoms with Crippen molar-refractivity contribution >= 4 is 11.9 Å². The van der Waals surface area contributed by atoms with Gasteiger partial charge in [-0.15, -0.1) is 0 Å². The first-order valence-electron chi connectivity index (χ1n) is 16.8. The van der Waals surface area contributed by atoms with Gasteiger partial charge in [0.25, 0.3) is 0 Å². The van der Waals surface area contributed by atoms with E-state index in [4.69, 9.17) is 58.5 Å². The molecule has 3 saturated heterocycles. The van der Waals surface area contributed by atoms with Crippen LogP contribution in [0.4, 0.5) is 0 Å². The molecule has 0 unspecified atom stereocenters. The van der Waals surface area contributed by atoms with Gasteiger partial charge in [-0.25, -0.2) is 0 Å². The number of aliphatic hydroxyl groups is 2. The first-order chi connectivity index (χ1) is 24.3. The molecular weight excluding hydrogens is 662 g/mol. The standard InChI is InChI=1S/C34H39NO15/c35-7-8-41-33-30(31(40)34-6-5-16(13-36)21(48-34)3-4-23(32(34)47-33)45-28(39)12-27(37)38)50-49-17-1-2-22-19(9-17)29-20(14-42-22)18-10-25-26(44-15-43-25)11-24(18)46-29/h1-2,9-11,16,20-21,23,29-33,36,40H,3-8,12-15,35H2,(H,37,38)/t16-,20-,21-,23+,29+,30+,31-,32-,33-,34+/m1/s1. The molecule has 5 N–H and O–H groups in total. The molecule has 0 saturated carbocycles. The molecule has 16 heteroatoms. The number of carbonyl (C=O) groups excluding carboxylic acids is 1. The highest BCUT2D eigenvalue weighted by Crippen LogP contribution is 2.55. The molecular formula is C34H39NO15. The third-order valence-electron chi connectivity index (χ3n) is 10.4. The summed E-state index contributed by atoms with van der Waals surface area (Å²) in [6.07, 6.45) is -6.39. The number of carboxylic acids is 1. The first kappa shape index (κ1) is 33.3. The quantitative estimate of drug-likeness (QED) is 0.119. The molecule has 10 atom stereocenters. The lowest BCUT2D eigenvalue weighted by Gasteiger charge is -2.55. The average molecular weight is 702 g/mol. The molecule has 6 aliphatic heterocycles. The molecule has 6 aliphatic rings. The SMILES string of the molecule is NCCO[C@@H]1O[C@@H]2[C@@H](OC(=O)CC(=O)O)CC[C@H]3O[C@@]2(CC[C@@H]3CO)[C@H](O)[C@@H]1OOc1ccc2c(c1)[C@@H]1Oc3cc4c(cc3[C@H]1CO2)OCO4. The second-order valence-corrected chi connectivity index (χ2v) is 13.3. The molecule has 16 nitrogen and oxygen atoms in total. The van der Waals surface area contributed by atoms with Crippen LogP contribution in [0.15, 0.2) is 30.3 Å². The fourth-order valence-corrected chi connectivity index (χ4v) is 8.04. The Labute approximate surface area is 286 Å². The molecule has 50 heavy (non-hydrogen) atoms. The van der Waals surface area contributed by atoms with E-state index in [9.17, 15) is 19.8 Å². The van der Waals surface area contributed by atoms with Crippen molar-refractivity contribution in [2.45, 2.75) is 86.5 Å². The van der Waals surface area contributed by atoms with Crippen LogP contribution in [-0.2, 0) is 33.4 Å². The molecule has 0 aromatic heterocycles. The molecule has 6 heterocycles. The highest BCUT2D eigenvalue weighted by Gasteiger charge is 2.64. The van der Waals surface area contributed by atoms with E-state index >= 15 is 0 Å². The van der Waals surface area contributed by atoms with Crippen molar-refractivity contribution in [1.82, 2.24) is 0 Å². The third kappa shape index (κ3) is 5.78. The Kier molecular flexibility index (Phi) is 8.87. The number of hydrogen-bond donors (Lipinski definition) is 4. The second-order valence-electron chi connectivity index (χ2n) is 13.3. The summed E-state index contributed by atoms with van der Waals surface area (Å²) in [5.74, 6) is 0.251. The maximum Gasteiger partial charge on any atom is 0.317 e. The van der Waals surface area contributed by atoms with E-state index in [0.29, 0.717) is 42.4 Å². The Morgan fingerprint density at radius 1 is 1.00 bits per heavy atom. The van der Waals surface area contributed by atoms with Crippen molar-refractivity contribution in [3.05, 3.63) is 41.5 Å². The van der Waals surface area contributed by atoms with Crippen LogP contribution in [0, 0.1) is 5.92 Å². The van der Waals surface area contributed by atoms with Crippen LogP contribution in [0.2, 0.25) is 0 Å². The molecule has 0 radical (unpaired) electrons. The third-order valence-corrected chi connectivity index (χ3v) is 10.4. The van der Waals surface area contributed by atoms with Crippen LogP contribution in [0.1, 0.15) is 55.3 Å². The van der Waals surface area contributed by atoms with Crippen LogP contribution < -0.4 is 29.6 Å².